The summed E-state index contributed by atoms with van der Waals surface area (Å²) in [5.74, 6) is -1.52. The lowest BCUT2D eigenvalue weighted by molar-refractivity contribution is 0.353. The van der Waals surface area contributed by atoms with Crippen LogP contribution in [0.3, 0.4) is 0 Å². The molecule has 0 aliphatic heterocycles. The Hall–Kier alpha value is -4.13. The van der Waals surface area contributed by atoms with Crippen molar-refractivity contribution in [1.29, 1.82) is 5.26 Å². The summed E-state index contributed by atoms with van der Waals surface area (Å²) in [6, 6.07) is 6.06. The van der Waals surface area contributed by atoms with Crippen LogP contribution in [0.4, 0.5) is 8.78 Å². The van der Waals surface area contributed by atoms with Gasteiger partial charge in [-0.15, -0.1) is 0 Å². The zero-order valence-electron chi connectivity index (χ0n) is 17.1. The van der Waals surface area contributed by atoms with Gasteiger partial charge >= 0.3 is 6.01 Å². The van der Waals surface area contributed by atoms with Crippen molar-refractivity contribution >= 4 is 5.65 Å². The van der Waals surface area contributed by atoms with Crippen LogP contribution in [0.15, 0.2) is 36.8 Å². The van der Waals surface area contributed by atoms with E-state index in [4.69, 9.17) is 14.7 Å². The van der Waals surface area contributed by atoms with Crippen LogP contribution in [0.5, 0.6) is 11.9 Å². The molecule has 4 aromatic rings. The van der Waals surface area contributed by atoms with Crippen molar-refractivity contribution in [3.63, 3.8) is 0 Å². The monoisotopic (exact) mass is 434 g/mol. The molecule has 0 saturated heterocycles. The van der Waals surface area contributed by atoms with Crippen molar-refractivity contribution < 1.29 is 18.3 Å². The number of methoxy groups -OCH3 is 2. The SMILES string of the molecule is COc1ncc(-c2cc(C3C[C@@H]3c3cc(F)c(C#N)c(F)c3)c3nccn3n2)c(OC)n1. The molecule has 2 atom stereocenters. The molecule has 1 saturated carbocycles. The maximum atomic E-state index is 14.1. The first-order valence-electron chi connectivity index (χ1n) is 9.72. The molecule has 3 aromatic heterocycles. The predicted molar refractivity (Wildman–Crippen MR) is 108 cm³/mol. The molecule has 1 unspecified atom stereocenters. The molecule has 0 radical (unpaired) electrons. The van der Waals surface area contributed by atoms with Crippen LogP contribution < -0.4 is 9.47 Å². The first kappa shape index (κ1) is 19.8. The fourth-order valence-corrected chi connectivity index (χ4v) is 3.95. The number of halogens is 2. The molecule has 0 bridgehead atoms. The van der Waals surface area contributed by atoms with E-state index in [2.05, 4.69) is 20.1 Å². The molecule has 1 aliphatic carbocycles. The third-order valence-corrected chi connectivity index (χ3v) is 5.57. The fourth-order valence-electron chi connectivity index (χ4n) is 3.95. The van der Waals surface area contributed by atoms with Gasteiger partial charge in [0.15, 0.2) is 5.65 Å². The average molecular weight is 434 g/mol. The van der Waals surface area contributed by atoms with Gasteiger partial charge in [-0.1, -0.05) is 0 Å². The first-order chi connectivity index (χ1) is 15.5. The summed E-state index contributed by atoms with van der Waals surface area (Å²) in [6.45, 7) is 0. The largest absolute Gasteiger partial charge is 0.480 e. The molecule has 32 heavy (non-hydrogen) atoms. The van der Waals surface area contributed by atoms with Gasteiger partial charge in [0.25, 0.3) is 0 Å². The van der Waals surface area contributed by atoms with E-state index in [9.17, 15) is 8.78 Å². The smallest absolute Gasteiger partial charge is 0.319 e. The van der Waals surface area contributed by atoms with Crippen molar-refractivity contribution in [2.24, 2.45) is 0 Å². The summed E-state index contributed by atoms with van der Waals surface area (Å²) in [6.07, 6.45) is 5.61. The molecule has 1 aliphatic rings. The van der Waals surface area contributed by atoms with Gasteiger partial charge in [-0.3, -0.25) is 0 Å². The van der Waals surface area contributed by atoms with Crippen molar-refractivity contribution in [3.8, 4) is 29.2 Å². The minimum atomic E-state index is -0.852. The Morgan fingerprint density at radius 2 is 1.88 bits per heavy atom. The lowest BCUT2D eigenvalue weighted by Gasteiger charge is -2.11. The molecular formula is C22H16F2N6O2. The third kappa shape index (κ3) is 3.19. The van der Waals surface area contributed by atoms with Gasteiger partial charge in [-0.2, -0.15) is 15.3 Å². The van der Waals surface area contributed by atoms with Crippen molar-refractivity contribution in [1.82, 2.24) is 24.6 Å². The Morgan fingerprint density at radius 3 is 2.56 bits per heavy atom. The van der Waals surface area contributed by atoms with Gasteiger partial charge in [-0.25, -0.2) is 23.3 Å². The molecule has 1 aromatic carbocycles. The number of hydrogen-bond acceptors (Lipinski definition) is 7. The van der Waals surface area contributed by atoms with Crippen LogP contribution >= 0.6 is 0 Å². The van der Waals surface area contributed by atoms with Crippen LogP contribution in [0.2, 0.25) is 0 Å². The summed E-state index contributed by atoms with van der Waals surface area (Å²) in [4.78, 5) is 12.8. The quantitative estimate of drug-likeness (QED) is 0.473. The molecule has 0 N–H and O–H groups in total. The highest BCUT2D eigenvalue weighted by Crippen LogP contribution is 2.56. The van der Waals surface area contributed by atoms with E-state index in [0.717, 1.165) is 5.56 Å². The highest BCUT2D eigenvalue weighted by atomic mass is 19.1. The second kappa shape index (κ2) is 7.53. The number of nitriles is 1. The van der Waals surface area contributed by atoms with Crippen molar-refractivity contribution in [2.45, 2.75) is 18.3 Å². The number of rotatable bonds is 5. The van der Waals surface area contributed by atoms with E-state index in [-0.39, 0.29) is 17.8 Å². The van der Waals surface area contributed by atoms with Gasteiger partial charge in [-0.05, 0) is 42.0 Å². The maximum Gasteiger partial charge on any atom is 0.319 e. The Balaban J connectivity index is 1.57. The Labute approximate surface area is 181 Å². The van der Waals surface area contributed by atoms with E-state index in [1.807, 2.05) is 6.07 Å². The van der Waals surface area contributed by atoms with Gasteiger partial charge in [0.1, 0.15) is 23.3 Å². The van der Waals surface area contributed by atoms with Gasteiger partial charge in [0.2, 0.25) is 5.88 Å². The molecule has 0 spiro atoms. The number of imidazole rings is 1. The Morgan fingerprint density at radius 1 is 1.09 bits per heavy atom. The highest BCUT2D eigenvalue weighted by Gasteiger charge is 2.42. The maximum absolute atomic E-state index is 14.1. The molecule has 0 amide bonds. The second-order valence-corrected chi connectivity index (χ2v) is 7.38. The minimum Gasteiger partial charge on any atom is -0.480 e. The van der Waals surface area contributed by atoms with Crippen LogP contribution in [0, 0.1) is 23.0 Å². The molecule has 5 rings (SSSR count). The van der Waals surface area contributed by atoms with Crippen molar-refractivity contribution in [2.75, 3.05) is 14.2 Å². The van der Waals surface area contributed by atoms with Crippen LogP contribution in [-0.4, -0.2) is 38.8 Å². The van der Waals surface area contributed by atoms with Gasteiger partial charge in [0.05, 0.1) is 25.5 Å². The molecule has 10 heteroatoms. The molecule has 160 valence electrons. The molecule has 8 nitrogen and oxygen atoms in total. The zero-order valence-corrected chi connectivity index (χ0v) is 17.1. The average Bonchev–Trinajstić information content (AvgIpc) is 3.46. The lowest BCUT2D eigenvalue weighted by atomic mass is 10.0. The van der Waals surface area contributed by atoms with E-state index in [0.29, 0.717) is 34.8 Å². The van der Waals surface area contributed by atoms with E-state index in [1.54, 1.807) is 29.2 Å². The van der Waals surface area contributed by atoms with E-state index < -0.39 is 17.2 Å². The van der Waals surface area contributed by atoms with Crippen molar-refractivity contribution in [3.05, 3.63) is 65.1 Å². The molecule has 1 fully saturated rings. The van der Waals surface area contributed by atoms with Crippen LogP contribution in [0.1, 0.15) is 34.9 Å². The summed E-state index contributed by atoms with van der Waals surface area (Å²) < 4.78 is 40.4. The highest BCUT2D eigenvalue weighted by molar-refractivity contribution is 5.68. The number of ether oxygens (including phenoxy) is 2. The summed E-state index contributed by atoms with van der Waals surface area (Å²) in [5, 5.41) is 13.5. The van der Waals surface area contributed by atoms with Gasteiger partial charge in [0, 0.05) is 24.2 Å². The number of fused-ring (bicyclic) bond motifs is 1. The lowest BCUT2D eigenvalue weighted by Crippen LogP contribution is -2.03. The number of benzene rings is 1. The standard InChI is InChI=1S/C22H16F2N6O2/c1-31-21-16(10-27-22(28-21)32-2)19-8-14(20-26-3-4-30(20)29-19)13-7-12(13)11-5-17(23)15(9-25)18(24)6-11/h3-6,8,10,12-13H,7H2,1-2H3/t12-,13?/m1/s1. The fraction of sp³-hybridized carbons (Fsp3) is 0.227. The van der Waals surface area contributed by atoms with Crippen LogP contribution in [0.25, 0.3) is 16.9 Å². The summed E-state index contributed by atoms with van der Waals surface area (Å²) in [5.41, 5.74) is 2.61. The number of nitrogens with zero attached hydrogens (tertiary/aromatic N) is 6. The Kier molecular flexibility index (Phi) is 4.66. The molecular weight excluding hydrogens is 418 g/mol. The third-order valence-electron chi connectivity index (χ3n) is 5.57. The topological polar surface area (TPSA) is 98.2 Å². The minimum absolute atomic E-state index is 0.0152. The zero-order chi connectivity index (χ0) is 22.4. The van der Waals surface area contributed by atoms with Crippen LogP contribution in [-0.2, 0) is 0 Å². The number of aromatic nitrogens is 5. The van der Waals surface area contributed by atoms with E-state index in [1.165, 1.54) is 26.4 Å². The van der Waals surface area contributed by atoms with Gasteiger partial charge < -0.3 is 9.47 Å². The normalized spacial score (nSPS) is 17.2. The predicted octanol–water partition coefficient (Wildman–Crippen LogP) is 3.62. The second-order valence-electron chi connectivity index (χ2n) is 7.38. The molecule has 3 heterocycles. The van der Waals surface area contributed by atoms with E-state index >= 15 is 0 Å². The number of hydrogen-bond donors (Lipinski definition) is 0. The summed E-state index contributed by atoms with van der Waals surface area (Å²) >= 11 is 0. The summed E-state index contributed by atoms with van der Waals surface area (Å²) in [7, 11) is 2.96. The first-order valence-corrected chi connectivity index (χ1v) is 9.72. The Bertz CT molecular complexity index is 1370.